The molecule has 0 aliphatic rings. The summed E-state index contributed by atoms with van der Waals surface area (Å²) in [4.78, 5) is 4.42. The molecule has 0 aliphatic heterocycles. The molecular weight excluding hydrogens is 280 g/mol. The van der Waals surface area contributed by atoms with Gasteiger partial charge in [0.15, 0.2) is 5.82 Å². The van der Waals surface area contributed by atoms with Gasteiger partial charge in [0.1, 0.15) is 6.61 Å². The number of nitrogens with two attached hydrogens (primary N) is 1. The molecular formula is C16H18N4O2. The lowest BCUT2D eigenvalue weighted by molar-refractivity contribution is 0.142. The maximum Gasteiger partial charge on any atom is 0.215 e. The second-order valence-electron chi connectivity index (χ2n) is 5.01. The summed E-state index contributed by atoms with van der Waals surface area (Å²) in [6.45, 7) is 3.01. The monoisotopic (exact) mass is 298 g/mol. The molecule has 0 aliphatic carbocycles. The quantitative estimate of drug-likeness (QED) is 0.578. The summed E-state index contributed by atoms with van der Waals surface area (Å²) >= 11 is 0. The van der Waals surface area contributed by atoms with Crippen LogP contribution in [-0.4, -0.2) is 34.9 Å². The Kier molecular flexibility index (Phi) is 3.93. The van der Waals surface area contributed by atoms with Crippen molar-refractivity contribution in [3.8, 4) is 17.3 Å². The highest BCUT2D eigenvalue weighted by molar-refractivity contribution is 5.65. The number of nitrogen functional groups attached to an aromatic ring is 1. The van der Waals surface area contributed by atoms with E-state index < -0.39 is 0 Å². The summed E-state index contributed by atoms with van der Waals surface area (Å²) in [5, 5.41) is 4.57. The summed E-state index contributed by atoms with van der Waals surface area (Å²) in [6, 6.07) is 9.50. The van der Waals surface area contributed by atoms with Gasteiger partial charge >= 0.3 is 0 Å². The minimum absolute atomic E-state index is 0.471. The number of benzene rings is 1. The van der Waals surface area contributed by atoms with E-state index in [4.69, 9.17) is 15.2 Å². The summed E-state index contributed by atoms with van der Waals surface area (Å²) in [7, 11) is 1.64. The second-order valence-corrected chi connectivity index (χ2v) is 5.01. The Bertz CT molecular complexity index is 798. The maximum atomic E-state index is 5.87. The third kappa shape index (κ3) is 2.73. The Morgan fingerprint density at radius 2 is 2.05 bits per heavy atom. The predicted molar refractivity (Wildman–Crippen MR) is 84.9 cm³/mol. The maximum absolute atomic E-state index is 5.87. The van der Waals surface area contributed by atoms with Crippen molar-refractivity contribution in [2.45, 2.75) is 6.92 Å². The van der Waals surface area contributed by atoms with Gasteiger partial charge in [-0.15, -0.1) is 5.10 Å². The Morgan fingerprint density at radius 1 is 1.18 bits per heavy atom. The van der Waals surface area contributed by atoms with Crippen LogP contribution in [-0.2, 0) is 4.74 Å². The zero-order chi connectivity index (χ0) is 15.5. The summed E-state index contributed by atoms with van der Waals surface area (Å²) in [5.41, 5.74) is 9.42. The fourth-order valence-electron chi connectivity index (χ4n) is 2.22. The van der Waals surface area contributed by atoms with Gasteiger partial charge in [0.2, 0.25) is 5.88 Å². The molecule has 2 N–H and O–H groups in total. The topological polar surface area (TPSA) is 74.7 Å². The molecule has 0 unspecified atom stereocenters. The van der Waals surface area contributed by atoms with E-state index >= 15 is 0 Å². The summed E-state index contributed by atoms with van der Waals surface area (Å²) in [6.07, 6.45) is 1.77. The van der Waals surface area contributed by atoms with Gasteiger partial charge in [0.25, 0.3) is 0 Å². The molecule has 114 valence electrons. The molecule has 2 aromatic heterocycles. The van der Waals surface area contributed by atoms with E-state index in [0.29, 0.717) is 30.6 Å². The number of nitrogens with zero attached hydrogens (tertiary/aromatic N) is 3. The van der Waals surface area contributed by atoms with E-state index in [1.165, 1.54) is 0 Å². The van der Waals surface area contributed by atoms with Crippen LogP contribution < -0.4 is 10.5 Å². The van der Waals surface area contributed by atoms with Crippen molar-refractivity contribution < 1.29 is 9.47 Å². The van der Waals surface area contributed by atoms with Gasteiger partial charge in [-0.1, -0.05) is 6.07 Å². The number of anilines is 1. The molecule has 6 heteroatoms. The molecule has 0 amide bonds. The normalized spacial score (nSPS) is 11.0. The predicted octanol–water partition coefficient (Wildman–Crippen LogP) is 2.31. The lowest BCUT2D eigenvalue weighted by Gasteiger charge is -2.08. The van der Waals surface area contributed by atoms with E-state index in [2.05, 4.69) is 10.1 Å². The summed E-state index contributed by atoms with van der Waals surface area (Å²) in [5.74, 6) is 1.28. The summed E-state index contributed by atoms with van der Waals surface area (Å²) < 4.78 is 12.4. The first-order valence-electron chi connectivity index (χ1n) is 7.02. The third-order valence-electron chi connectivity index (χ3n) is 3.40. The van der Waals surface area contributed by atoms with Crippen LogP contribution in [0.3, 0.4) is 0 Å². The van der Waals surface area contributed by atoms with Crippen molar-refractivity contribution >= 4 is 11.2 Å². The van der Waals surface area contributed by atoms with Gasteiger partial charge < -0.3 is 15.2 Å². The first-order valence-corrected chi connectivity index (χ1v) is 7.02. The molecule has 0 fully saturated rings. The average molecular weight is 298 g/mol. The zero-order valence-electron chi connectivity index (χ0n) is 12.6. The average Bonchev–Trinajstić information content (AvgIpc) is 2.92. The number of aromatic nitrogens is 3. The number of aryl methyl sites for hydroxylation is 1. The van der Waals surface area contributed by atoms with Gasteiger partial charge in [-0.3, -0.25) is 0 Å². The number of hydrogen-bond acceptors (Lipinski definition) is 5. The van der Waals surface area contributed by atoms with Crippen molar-refractivity contribution in [3.05, 3.63) is 42.1 Å². The molecule has 0 radical (unpaired) electrons. The largest absolute Gasteiger partial charge is 0.475 e. The third-order valence-corrected chi connectivity index (χ3v) is 3.40. The van der Waals surface area contributed by atoms with Crippen LogP contribution in [0.4, 0.5) is 5.69 Å². The molecule has 3 aromatic rings. The first-order chi connectivity index (χ1) is 10.7. The SMILES string of the molecule is COCCOc1ccc2cnc(-c3cc(N)ccc3C)nn12. The smallest absolute Gasteiger partial charge is 0.215 e. The van der Waals surface area contributed by atoms with Gasteiger partial charge in [0, 0.05) is 24.4 Å². The minimum atomic E-state index is 0.471. The molecule has 6 nitrogen and oxygen atoms in total. The van der Waals surface area contributed by atoms with E-state index in [1.54, 1.807) is 17.8 Å². The van der Waals surface area contributed by atoms with Gasteiger partial charge in [-0.25, -0.2) is 4.98 Å². The number of ether oxygens (including phenoxy) is 2. The number of rotatable bonds is 5. The molecule has 0 spiro atoms. The fourth-order valence-corrected chi connectivity index (χ4v) is 2.22. The highest BCUT2D eigenvalue weighted by Gasteiger charge is 2.10. The molecule has 3 rings (SSSR count). The van der Waals surface area contributed by atoms with Crippen molar-refractivity contribution in [1.82, 2.24) is 14.6 Å². The van der Waals surface area contributed by atoms with Gasteiger partial charge in [0.05, 0.1) is 18.3 Å². The Morgan fingerprint density at radius 3 is 2.86 bits per heavy atom. The van der Waals surface area contributed by atoms with Crippen molar-refractivity contribution in [3.63, 3.8) is 0 Å². The fraction of sp³-hybridized carbons (Fsp3) is 0.250. The van der Waals surface area contributed by atoms with Crippen molar-refractivity contribution in [1.29, 1.82) is 0 Å². The van der Waals surface area contributed by atoms with Crippen LogP contribution in [0.25, 0.3) is 16.9 Å². The number of fused-ring (bicyclic) bond motifs is 1. The highest BCUT2D eigenvalue weighted by atomic mass is 16.5. The van der Waals surface area contributed by atoms with Crippen LogP contribution in [0.1, 0.15) is 5.56 Å². The van der Waals surface area contributed by atoms with E-state index in [1.807, 2.05) is 37.3 Å². The highest BCUT2D eigenvalue weighted by Crippen LogP contribution is 2.24. The minimum Gasteiger partial charge on any atom is -0.475 e. The van der Waals surface area contributed by atoms with Crippen LogP contribution in [0.2, 0.25) is 0 Å². The van der Waals surface area contributed by atoms with E-state index in [9.17, 15) is 0 Å². The van der Waals surface area contributed by atoms with Crippen molar-refractivity contribution in [2.24, 2.45) is 0 Å². The Balaban J connectivity index is 2.01. The molecule has 0 atom stereocenters. The number of hydrogen-bond donors (Lipinski definition) is 1. The van der Waals surface area contributed by atoms with Crippen LogP contribution in [0.5, 0.6) is 5.88 Å². The Labute approximate surface area is 128 Å². The van der Waals surface area contributed by atoms with Crippen LogP contribution >= 0.6 is 0 Å². The second kappa shape index (κ2) is 6.03. The molecule has 0 saturated heterocycles. The van der Waals surface area contributed by atoms with Crippen LogP contribution in [0, 0.1) is 6.92 Å². The van der Waals surface area contributed by atoms with Crippen LogP contribution in [0.15, 0.2) is 36.5 Å². The molecule has 0 saturated carbocycles. The van der Waals surface area contributed by atoms with Gasteiger partial charge in [-0.2, -0.15) is 4.52 Å². The molecule has 22 heavy (non-hydrogen) atoms. The number of methoxy groups -OCH3 is 1. The van der Waals surface area contributed by atoms with E-state index in [0.717, 1.165) is 16.6 Å². The molecule has 2 heterocycles. The van der Waals surface area contributed by atoms with E-state index in [-0.39, 0.29) is 0 Å². The zero-order valence-corrected chi connectivity index (χ0v) is 12.6. The Hall–Kier alpha value is -2.60. The standard InChI is InChI=1S/C16H18N4O2/c1-11-3-4-12(17)9-14(11)16-18-10-13-5-6-15(20(13)19-16)22-8-7-21-2/h3-6,9-10H,7-8,17H2,1-2H3. The molecule has 0 bridgehead atoms. The van der Waals surface area contributed by atoms with Crippen molar-refractivity contribution in [2.75, 3.05) is 26.1 Å². The lowest BCUT2D eigenvalue weighted by Crippen LogP contribution is -2.07. The molecule has 1 aromatic carbocycles. The van der Waals surface area contributed by atoms with Gasteiger partial charge in [-0.05, 0) is 30.7 Å². The lowest BCUT2D eigenvalue weighted by atomic mass is 10.1. The first kappa shape index (κ1) is 14.3.